The van der Waals surface area contributed by atoms with Gasteiger partial charge in [0.05, 0.1) is 33.6 Å². The molecular formula is C21H15F3N4O3S. The number of hydrogen-bond donors (Lipinski definition) is 1. The first-order valence-corrected chi connectivity index (χ1v) is 10.2. The van der Waals surface area contributed by atoms with Crippen LogP contribution in [0, 0.1) is 0 Å². The highest BCUT2D eigenvalue weighted by molar-refractivity contribution is 7.20. The zero-order valence-corrected chi connectivity index (χ0v) is 17.3. The molecule has 0 atom stereocenters. The zero-order valence-electron chi connectivity index (χ0n) is 16.5. The third-order valence-corrected chi connectivity index (χ3v) is 5.43. The van der Waals surface area contributed by atoms with Gasteiger partial charge in [0, 0.05) is 6.21 Å². The number of hydrogen-bond acceptors (Lipinski definition) is 6. The maximum atomic E-state index is 13.6. The van der Waals surface area contributed by atoms with Gasteiger partial charge in [-0.3, -0.25) is 14.9 Å². The van der Waals surface area contributed by atoms with Crippen LogP contribution in [-0.4, -0.2) is 33.6 Å². The van der Waals surface area contributed by atoms with Crippen molar-refractivity contribution in [3.8, 4) is 5.13 Å². The molecule has 1 N–H and O–H groups in total. The number of ether oxygens (including phenoxy) is 1. The first-order chi connectivity index (χ1) is 15.3. The van der Waals surface area contributed by atoms with Crippen LogP contribution in [-0.2, 0) is 10.9 Å². The van der Waals surface area contributed by atoms with Gasteiger partial charge in [-0.1, -0.05) is 23.5 Å². The second kappa shape index (κ2) is 8.42. The fourth-order valence-electron chi connectivity index (χ4n) is 2.91. The Balaban J connectivity index is 1.72. The van der Waals surface area contributed by atoms with Crippen molar-refractivity contribution in [3.05, 3.63) is 75.7 Å². The van der Waals surface area contributed by atoms with Gasteiger partial charge in [-0.05, 0) is 43.3 Å². The Hall–Kier alpha value is -3.73. The van der Waals surface area contributed by atoms with E-state index >= 15 is 0 Å². The number of H-pyrrole nitrogens is 1. The lowest BCUT2D eigenvalue weighted by Crippen LogP contribution is -2.17. The minimum atomic E-state index is -4.81. The second-order valence-electron chi connectivity index (χ2n) is 6.53. The Morgan fingerprint density at radius 1 is 1.22 bits per heavy atom. The van der Waals surface area contributed by atoms with Crippen LogP contribution < -0.4 is 5.56 Å². The molecule has 0 amide bonds. The number of benzene rings is 2. The summed E-state index contributed by atoms with van der Waals surface area (Å²) in [5.74, 6) is -0.522. The molecule has 0 aliphatic carbocycles. The Kier molecular flexibility index (Phi) is 5.66. The Morgan fingerprint density at radius 2 is 1.94 bits per heavy atom. The summed E-state index contributed by atoms with van der Waals surface area (Å²) in [4.78, 5) is 32.7. The molecule has 0 spiro atoms. The van der Waals surface area contributed by atoms with Crippen molar-refractivity contribution < 1.29 is 22.7 Å². The summed E-state index contributed by atoms with van der Waals surface area (Å²) in [6.07, 6.45) is -3.96. The normalized spacial score (nSPS) is 12.0. The lowest BCUT2D eigenvalue weighted by molar-refractivity contribution is -0.141. The molecule has 32 heavy (non-hydrogen) atoms. The molecule has 0 unspecified atom stereocenters. The van der Waals surface area contributed by atoms with Crippen LogP contribution in [0.25, 0.3) is 15.3 Å². The first-order valence-electron chi connectivity index (χ1n) is 9.37. The molecule has 7 nitrogen and oxygen atoms in total. The van der Waals surface area contributed by atoms with Gasteiger partial charge in [-0.15, -0.1) is 0 Å². The smallest absolute Gasteiger partial charge is 0.433 e. The molecule has 2 heterocycles. The van der Waals surface area contributed by atoms with Crippen molar-refractivity contribution in [1.29, 1.82) is 0 Å². The summed E-state index contributed by atoms with van der Waals surface area (Å²) in [5, 5.41) is 2.20. The highest BCUT2D eigenvalue weighted by Gasteiger charge is 2.38. The molecule has 0 radical (unpaired) electrons. The highest BCUT2D eigenvalue weighted by atomic mass is 32.1. The van der Waals surface area contributed by atoms with Crippen LogP contribution in [0.3, 0.4) is 0 Å². The topological polar surface area (TPSA) is 89.3 Å². The molecular weight excluding hydrogens is 445 g/mol. The molecule has 4 aromatic rings. The third kappa shape index (κ3) is 4.19. The van der Waals surface area contributed by atoms with Gasteiger partial charge < -0.3 is 4.74 Å². The number of nitrogens with one attached hydrogen (secondary N) is 1. The van der Waals surface area contributed by atoms with E-state index in [1.165, 1.54) is 24.3 Å². The van der Waals surface area contributed by atoms with Crippen LogP contribution in [0.1, 0.15) is 28.5 Å². The molecule has 164 valence electrons. The number of alkyl halides is 3. The number of para-hydroxylation sites is 1. The average molecular weight is 460 g/mol. The molecule has 0 saturated heterocycles. The number of aliphatic imine (C=N–C) groups is 1. The summed E-state index contributed by atoms with van der Waals surface area (Å²) in [5.41, 5.74) is -1.69. The van der Waals surface area contributed by atoms with Crippen LogP contribution >= 0.6 is 11.3 Å². The number of carbonyl (C=O) groups is 1. The Labute approximate surface area is 182 Å². The summed E-state index contributed by atoms with van der Waals surface area (Å²) >= 11 is 1.08. The largest absolute Gasteiger partial charge is 0.462 e. The molecule has 0 fully saturated rings. The molecule has 0 bridgehead atoms. The van der Waals surface area contributed by atoms with Crippen molar-refractivity contribution in [3.63, 3.8) is 0 Å². The van der Waals surface area contributed by atoms with Gasteiger partial charge in [0.1, 0.15) is 0 Å². The Morgan fingerprint density at radius 3 is 2.59 bits per heavy atom. The van der Waals surface area contributed by atoms with E-state index in [9.17, 15) is 22.8 Å². The summed E-state index contributed by atoms with van der Waals surface area (Å²) in [7, 11) is 0. The lowest BCUT2D eigenvalue weighted by Gasteiger charge is -2.04. The van der Waals surface area contributed by atoms with E-state index in [1.807, 2.05) is 0 Å². The van der Waals surface area contributed by atoms with E-state index in [0.29, 0.717) is 5.52 Å². The average Bonchev–Trinajstić information content (AvgIpc) is 3.33. The summed E-state index contributed by atoms with van der Waals surface area (Å²) in [6.45, 7) is 1.89. The van der Waals surface area contributed by atoms with E-state index in [4.69, 9.17) is 4.74 Å². The van der Waals surface area contributed by atoms with Crippen molar-refractivity contribution in [2.24, 2.45) is 4.99 Å². The van der Waals surface area contributed by atoms with Gasteiger partial charge in [0.15, 0.2) is 5.69 Å². The summed E-state index contributed by atoms with van der Waals surface area (Å²) < 4.78 is 47.1. The maximum Gasteiger partial charge on any atom is 0.433 e. The quantitative estimate of drug-likeness (QED) is 0.345. The summed E-state index contributed by atoms with van der Waals surface area (Å²) in [6, 6.07) is 12.7. The van der Waals surface area contributed by atoms with Crippen LogP contribution in [0.4, 0.5) is 18.9 Å². The molecule has 2 aromatic heterocycles. The van der Waals surface area contributed by atoms with Gasteiger partial charge in [-0.25, -0.2) is 9.78 Å². The van der Waals surface area contributed by atoms with Crippen LogP contribution in [0.2, 0.25) is 0 Å². The number of aromatic nitrogens is 3. The fourth-order valence-corrected chi connectivity index (χ4v) is 3.84. The minimum Gasteiger partial charge on any atom is -0.462 e. The first kappa shape index (κ1) is 21.5. The van der Waals surface area contributed by atoms with Gasteiger partial charge in [0.2, 0.25) is 5.13 Å². The van der Waals surface area contributed by atoms with Crippen LogP contribution in [0.15, 0.2) is 58.3 Å². The fraction of sp³-hybridized carbons (Fsp3) is 0.143. The number of thiazole rings is 1. The number of esters is 1. The third-order valence-electron chi connectivity index (χ3n) is 4.40. The van der Waals surface area contributed by atoms with Crippen molar-refractivity contribution in [1.82, 2.24) is 14.8 Å². The van der Waals surface area contributed by atoms with Gasteiger partial charge in [0.25, 0.3) is 5.56 Å². The molecule has 2 aromatic carbocycles. The van der Waals surface area contributed by atoms with E-state index in [2.05, 4.69) is 15.1 Å². The standard InChI is InChI=1S/C21H15F3N4O3S/c1-2-31-19(30)12-7-9-13(10-8-12)25-11-14-17(21(22,23)24)27-28(18(14)29)20-26-15-5-3-4-6-16(15)32-20/h3-11,27H,2H2,1H3. The number of fused-ring (bicyclic) bond motifs is 1. The van der Waals surface area contributed by atoms with Gasteiger partial charge in [-0.2, -0.15) is 17.9 Å². The van der Waals surface area contributed by atoms with E-state index in [-0.39, 0.29) is 23.0 Å². The van der Waals surface area contributed by atoms with E-state index in [1.54, 1.807) is 31.2 Å². The molecule has 0 aliphatic rings. The van der Waals surface area contributed by atoms with E-state index in [0.717, 1.165) is 26.9 Å². The number of halogens is 3. The SMILES string of the molecule is CCOC(=O)c1ccc(N=Cc2c(C(F)(F)F)[nH]n(-c3nc4ccccc4s3)c2=O)cc1. The Bertz CT molecular complexity index is 1330. The predicted octanol–water partition coefficient (Wildman–Crippen LogP) is 4.72. The van der Waals surface area contributed by atoms with Crippen molar-refractivity contribution in [2.45, 2.75) is 13.1 Å². The highest BCUT2D eigenvalue weighted by Crippen LogP contribution is 2.30. The molecule has 11 heteroatoms. The molecule has 0 aliphatic heterocycles. The minimum absolute atomic E-state index is 0.0835. The zero-order chi connectivity index (χ0) is 22.9. The predicted molar refractivity (Wildman–Crippen MR) is 114 cm³/mol. The van der Waals surface area contributed by atoms with Crippen molar-refractivity contribution in [2.75, 3.05) is 6.61 Å². The lowest BCUT2D eigenvalue weighted by atomic mass is 10.2. The molecule has 4 rings (SSSR count). The number of rotatable bonds is 5. The maximum absolute atomic E-state index is 13.6. The van der Waals surface area contributed by atoms with Crippen LogP contribution in [0.5, 0.6) is 0 Å². The number of carbonyl (C=O) groups excluding carboxylic acids is 1. The van der Waals surface area contributed by atoms with Crippen molar-refractivity contribution >= 4 is 39.4 Å². The van der Waals surface area contributed by atoms with E-state index < -0.39 is 29.0 Å². The second-order valence-corrected chi connectivity index (χ2v) is 7.54. The number of nitrogens with zero attached hydrogens (tertiary/aromatic N) is 3. The molecule has 0 saturated carbocycles. The number of aromatic amines is 1. The van der Waals surface area contributed by atoms with Gasteiger partial charge >= 0.3 is 12.1 Å². The monoisotopic (exact) mass is 460 g/mol.